The summed E-state index contributed by atoms with van der Waals surface area (Å²) in [4.78, 5) is 25.2. The average Bonchev–Trinajstić information content (AvgIpc) is 2.34. The quantitative estimate of drug-likeness (QED) is 0.783. The van der Waals surface area contributed by atoms with E-state index in [9.17, 15) is 9.59 Å². The highest BCUT2D eigenvalue weighted by Crippen LogP contribution is 2.15. The molecule has 1 aliphatic heterocycles. The number of alkyl halides is 1. The molecular weight excluding hydrogens is 282 g/mol. The Morgan fingerprint density at radius 3 is 2.70 bits per heavy atom. The van der Waals surface area contributed by atoms with Crippen molar-refractivity contribution in [3.8, 4) is 0 Å². The number of ether oxygens (including phenoxy) is 1. The Kier molecular flexibility index (Phi) is 6.39. The smallest absolute Gasteiger partial charge is 0.410 e. The van der Waals surface area contributed by atoms with E-state index in [1.807, 2.05) is 20.8 Å². The van der Waals surface area contributed by atoms with Crippen molar-refractivity contribution in [2.24, 2.45) is 0 Å². The Balaban J connectivity index is 2.42. The second kappa shape index (κ2) is 7.57. The summed E-state index contributed by atoms with van der Waals surface area (Å²) in [5, 5.41) is 5.49. The van der Waals surface area contributed by atoms with E-state index in [-0.39, 0.29) is 18.2 Å². The van der Waals surface area contributed by atoms with Crippen LogP contribution in [-0.4, -0.2) is 54.2 Å². The fraction of sp³-hybridized carbons (Fsp3) is 0.846. The van der Waals surface area contributed by atoms with Gasteiger partial charge in [0.05, 0.1) is 0 Å². The molecule has 0 aromatic heterocycles. The standard InChI is InChI=1S/C13H24ClN3O3/c1-13(2,3)20-12(19)17-8-4-5-10(9-17)16-11(18)15-7-6-14/h10H,4-9H2,1-3H3,(H2,15,16,18)/t10-/m1/s1. The van der Waals surface area contributed by atoms with Gasteiger partial charge in [0, 0.05) is 31.6 Å². The van der Waals surface area contributed by atoms with E-state index < -0.39 is 5.60 Å². The van der Waals surface area contributed by atoms with Crippen LogP contribution < -0.4 is 10.6 Å². The summed E-state index contributed by atoms with van der Waals surface area (Å²) in [5.41, 5.74) is -0.505. The molecule has 1 heterocycles. The third-order valence-corrected chi connectivity index (χ3v) is 2.98. The molecule has 20 heavy (non-hydrogen) atoms. The zero-order valence-electron chi connectivity index (χ0n) is 12.4. The number of rotatable bonds is 3. The molecule has 0 unspecified atom stereocenters. The lowest BCUT2D eigenvalue weighted by Gasteiger charge is -2.34. The number of nitrogens with one attached hydrogen (secondary N) is 2. The molecule has 3 amide bonds. The fourth-order valence-corrected chi connectivity index (χ4v) is 2.08. The van der Waals surface area contributed by atoms with Crippen LogP contribution >= 0.6 is 11.6 Å². The Morgan fingerprint density at radius 1 is 1.40 bits per heavy atom. The molecule has 7 heteroatoms. The number of carbonyl (C=O) groups excluding carboxylic acids is 2. The number of urea groups is 1. The third-order valence-electron chi connectivity index (χ3n) is 2.79. The minimum absolute atomic E-state index is 0.0495. The number of nitrogens with zero attached hydrogens (tertiary/aromatic N) is 1. The van der Waals surface area contributed by atoms with E-state index in [1.165, 1.54) is 0 Å². The second-order valence-electron chi connectivity index (χ2n) is 5.85. The summed E-state index contributed by atoms with van der Waals surface area (Å²) < 4.78 is 5.34. The van der Waals surface area contributed by atoms with E-state index in [4.69, 9.17) is 16.3 Å². The monoisotopic (exact) mass is 305 g/mol. The predicted octanol–water partition coefficient (Wildman–Crippen LogP) is 1.92. The summed E-state index contributed by atoms with van der Waals surface area (Å²) in [5.74, 6) is 0.377. The molecule has 0 radical (unpaired) electrons. The van der Waals surface area contributed by atoms with Crippen molar-refractivity contribution in [1.82, 2.24) is 15.5 Å². The average molecular weight is 306 g/mol. The number of amides is 3. The Morgan fingerprint density at radius 2 is 2.10 bits per heavy atom. The van der Waals surface area contributed by atoms with E-state index in [1.54, 1.807) is 4.90 Å². The van der Waals surface area contributed by atoms with Gasteiger partial charge >= 0.3 is 12.1 Å². The fourth-order valence-electron chi connectivity index (χ4n) is 1.98. The van der Waals surface area contributed by atoms with Crippen LogP contribution in [0.3, 0.4) is 0 Å². The lowest BCUT2D eigenvalue weighted by atomic mass is 10.1. The molecule has 0 aliphatic carbocycles. The van der Waals surface area contributed by atoms with Gasteiger partial charge in [0.15, 0.2) is 0 Å². The maximum atomic E-state index is 12.0. The first-order chi connectivity index (χ1) is 9.31. The van der Waals surface area contributed by atoms with Crippen molar-refractivity contribution in [1.29, 1.82) is 0 Å². The Labute approximate surface area is 125 Å². The van der Waals surface area contributed by atoms with Crippen LogP contribution in [0.25, 0.3) is 0 Å². The molecule has 6 nitrogen and oxygen atoms in total. The van der Waals surface area contributed by atoms with Gasteiger partial charge in [-0.05, 0) is 33.6 Å². The van der Waals surface area contributed by atoms with Crippen LogP contribution in [0.4, 0.5) is 9.59 Å². The molecule has 2 N–H and O–H groups in total. The van der Waals surface area contributed by atoms with Crippen LogP contribution in [0.15, 0.2) is 0 Å². The number of piperidine rings is 1. The van der Waals surface area contributed by atoms with Crippen molar-refractivity contribution >= 4 is 23.7 Å². The summed E-state index contributed by atoms with van der Waals surface area (Å²) >= 11 is 5.50. The molecular formula is C13H24ClN3O3. The zero-order valence-corrected chi connectivity index (χ0v) is 13.1. The highest BCUT2D eigenvalue weighted by atomic mass is 35.5. The van der Waals surface area contributed by atoms with Crippen molar-refractivity contribution in [3.05, 3.63) is 0 Å². The lowest BCUT2D eigenvalue weighted by molar-refractivity contribution is 0.0191. The normalized spacial score (nSPS) is 19.4. The lowest BCUT2D eigenvalue weighted by Crippen LogP contribution is -2.52. The van der Waals surface area contributed by atoms with Gasteiger partial charge in [0.1, 0.15) is 5.60 Å². The van der Waals surface area contributed by atoms with Gasteiger partial charge < -0.3 is 20.3 Å². The Hall–Kier alpha value is -1.17. The van der Waals surface area contributed by atoms with Gasteiger partial charge in [-0.2, -0.15) is 0 Å². The number of carbonyl (C=O) groups is 2. The summed E-state index contributed by atoms with van der Waals surface area (Å²) in [6, 6.07) is -0.298. The molecule has 1 saturated heterocycles. The molecule has 0 saturated carbocycles. The molecule has 1 fully saturated rings. The van der Waals surface area contributed by atoms with Crippen molar-refractivity contribution in [2.75, 3.05) is 25.5 Å². The molecule has 0 aromatic rings. The van der Waals surface area contributed by atoms with Crippen LogP contribution in [0.2, 0.25) is 0 Å². The van der Waals surface area contributed by atoms with E-state index in [0.717, 1.165) is 12.8 Å². The van der Waals surface area contributed by atoms with Crippen molar-refractivity contribution in [2.45, 2.75) is 45.3 Å². The van der Waals surface area contributed by atoms with Gasteiger partial charge in [-0.1, -0.05) is 0 Å². The molecule has 1 rings (SSSR count). The predicted molar refractivity (Wildman–Crippen MR) is 78.1 cm³/mol. The van der Waals surface area contributed by atoms with Crippen molar-refractivity contribution < 1.29 is 14.3 Å². The van der Waals surface area contributed by atoms with E-state index >= 15 is 0 Å². The minimum atomic E-state index is -0.505. The first-order valence-corrected chi connectivity index (χ1v) is 7.43. The largest absolute Gasteiger partial charge is 0.444 e. The van der Waals surface area contributed by atoms with Gasteiger partial charge in [0.25, 0.3) is 0 Å². The second-order valence-corrected chi connectivity index (χ2v) is 6.23. The topological polar surface area (TPSA) is 70.7 Å². The van der Waals surface area contributed by atoms with Gasteiger partial charge in [-0.15, -0.1) is 11.6 Å². The molecule has 1 atom stereocenters. The highest BCUT2D eigenvalue weighted by molar-refractivity contribution is 6.18. The highest BCUT2D eigenvalue weighted by Gasteiger charge is 2.28. The molecule has 0 spiro atoms. The summed E-state index contributed by atoms with van der Waals surface area (Å²) in [6.45, 7) is 7.08. The third kappa shape index (κ3) is 6.32. The zero-order chi connectivity index (χ0) is 15.2. The SMILES string of the molecule is CC(C)(C)OC(=O)N1CCC[C@@H](NC(=O)NCCCl)C1. The molecule has 0 aromatic carbocycles. The Bertz CT molecular complexity index is 344. The van der Waals surface area contributed by atoms with Crippen LogP contribution in [0.1, 0.15) is 33.6 Å². The molecule has 0 bridgehead atoms. The van der Waals surface area contributed by atoms with Crippen molar-refractivity contribution in [3.63, 3.8) is 0 Å². The molecule has 116 valence electrons. The maximum Gasteiger partial charge on any atom is 0.410 e. The van der Waals surface area contributed by atoms with Crippen LogP contribution in [0, 0.1) is 0 Å². The first-order valence-electron chi connectivity index (χ1n) is 6.90. The van der Waals surface area contributed by atoms with E-state index in [0.29, 0.717) is 25.5 Å². The number of hydrogen-bond acceptors (Lipinski definition) is 3. The van der Waals surface area contributed by atoms with Gasteiger partial charge in [-0.3, -0.25) is 0 Å². The minimum Gasteiger partial charge on any atom is -0.444 e. The number of likely N-dealkylation sites (tertiary alicyclic amines) is 1. The first kappa shape index (κ1) is 16.9. The molecule has 1 aliphatic rings. The maximum absolute atomic E-state index is 12.0. The number of hydrogen-bond donors (Lipinski definition) is 2. The van der Waals surface area contributed by atoms with Crippen LogP contribution in [-0.2, 0) is 4.74 Å². The van der Waals surface area contributed by atoms with E-state index in [2.05, 4.69) is 10.6 Å². The number of halogens is 1. The summed E-state index contributed by atoms with van der Waals surface area (Å²) in [6.07, 6.45) is 1.37. The van der Waals surface area contributed by atoms with Crippen LogP contribution in [0.5, 0.6) is 0 Å². The van der Waals surface area contributed by atoms with Gasteiger partial charge in [-0.25, -0.2) is 9.59 Å². The summed E-state index contributed by atoms with van der Waals surface area (Å²) in [7, 11) is 0. The van der Waals surface area contributed by atoms with Gasteiger partial charge in [0.2, 0.25) is 0 Å².